The number of hydrogen-bond donors (Lipinski definition) is 1. The molecule has 2 nitrogen and oxygen atoms in total. The third kappa shape index (κ3) is 4.19. The van der Waals surface area contributed by atoms with Gasteiger partial charge in [0.2, 0.25) is 0 Å². The Labute approximate surface area is 121 Å². The molecular formula is C18H23NO. The van der Waals surface area contributed by atoms with Crippen LogP contribution in [0.15, 0.2) is 54.6 Å². The fraction of sp³-hybridized carbons (Fsp3) is 0.333. The van der Waals surface area contributed by atoms with Gasteiger partial charge in [-0.1, -0.05) is 60.2 Å². The van der Waals surface area contributed by atoms with Gasteiger partial charge in [-0.3, -0.25) is 4.90 Å². The van der Waals surface area contributed by atoms with Crippen LogP contribution in [-0.2, 0) is 13.1 Å². The van der Waals surface area contributed by atoms with E-state index in [1.54, 1.807) is 0 Å². The maximum atomic E-state index is 9.46. The molecule has 0 heterocycles. The Hall–Kier alpha value is -1.64. The van der Waals surface area contributed by atoms with Gasteiger partial charge in [0.1, 0.15) is 0 Å². The highest BCUT2D eigenvalue weighted by Gasteiger charge is 2.13. The molecule has 0 radical (unpaired) electrons. The highest BCUT2D eigenvalue weighted by molar-refractivity contribution is 5.21. The van der Waals surface area contributed by atoms with Crippen molar-refractivity contribution in [3.05, 3.63) is 71.3 Å². The van der Waals surface area contributed by atoms with Crippen molar-refractivity contribution in [1.82, 2.24) is 4.90 Å². The lowest BCUT2D eigenvalue weighted by atomic mass is 10.1. The van der Waals surface area contributed by atoms with Crippen LogP contribution < -0.4 is 0 Å². The summed E-state index contributed by atoms with van der Waals surface area (Å²) >= 11 is 0. The Morgan fingerprint density at radius 3 is 2.00 bits per heavy atom. The molecule has 0 aliphatic heterocycles. The molecule has 0 aliphatic carbocycles. The minimum Gasteiger partial charge on any atom is -0.395 e. The standard InChI is InChI=1S/C18H23NO/c1-15-8-10-18(11-9-15)13-19(16(2)14-20)12-17-6-4-3-5-7-17/h3-11,16,20H,12-14H2,1-2H3/t16-/m0/s1. The van der Waals surface area contributed by atoms with Crippen molar-refractivity contribution in [3.63, 3.8) is 0 Å². The van der Waals surface area contributed by atoms with Crippen LogP contribution >= 0.6 is 0 Å². The lowest BCUT2D eigenvalue weighted by Crippen LogP contribution is -2.34. The van der Waals surface area contributed by atoms with E-state index in [0.29, 0.717) is 0 Å². The van der Waals surface area contributed by atoms with Crippen molar-refractivity contribution >= 4 is 0 Å². The Balaban J connectivity index is 2.09. The molecule has 0 amide bonds. The van der Waals surface area contributed by atoms with E-state index in [-0.39, 0.29) is 12.6 Å². The summed E-state index contributed by atoms with van der Waals surface area (Å²) in [5.41, 5.74) is 3.84. The van der Waals surface area contributed by atoms with Gasteiger partial charge in [0.25, 0.3) is 0 Å². The molecule has 1 atom stereocenters. The van der Waals surface area contributed by atoms with Crippen molar-refractivity contribution in [3.8, 4) is 0 Å². The van der Waals surface area contributed by atoms with E-state index in [0.717, 1.165) is 13.1 Å². The molecule has 0 aromatic heterocycles. The van der Waals surface area contributed by atoms with Crippen LogP contribution in [0.3, 0.4) is 0 Å². The smallest absolute Gasteiger partial charge is 0.0584 e. The molecule has 2 aromatic carbocycles. The second-order valence-electron chi connectivity index (χ2n) is 5.41. The summed E-state index contributed by atoms with van der Waals surface area (Å²) in [5.74, 6) is 0. The third-order valence-electron chi connectivity index (χ3n) is 3.62. The molecular weight excluding hydrogens is 246 g/mol. The van der Waals surface area contributed by atoms with E-state index < -0.39 is 0 Å². The predicted molar refractivity (Wildman–Crippen MR) is 83.4 cm³/mol. The second-order valence-corrected chi connectivity index (χ2v) is 5.41. The summed E-state index contributed by atoms with van der Waals surface area (Å²) in [5, 5.41) is 9.46. The predicted octanol–water partition coefficient (Wildman–Crippen LogP) is 3.38. The van der Waals surface area contributed by atoms with E-state index in [2.05, 4.69) is 67.3 Å². The molecule has 0 fully saturated rings. The molecule has 0 spiro atoms. The van der Waals surface area contributed by atoms with E-state index >= 15 is 0 Å². The maximum absolute atomic E-state index is 9.46. The number of hydrogen-bond acceptors (Lipinski definition) is 2. The highest BCUT2D eigenvalue weighted by atomic mass is 16.3. The number of aliphatic hydroxyl groups is 1. The van der Waals surface area contributed by atoms with Crippen molar-refractivity contribution in [2.45, 2.75) is 33.0 Å². The molecule has 20 heavy (non-hydrogen) atoms. The Morgan fingerprint density at radius 1 is 0.900 bits per heavy atom. The van der Waals surface area contributed by atoms with Gasteiger partial charge in [-0.25, -0.2) is 0 Å². The zero-order valence-corrected chi connectivity index (χ0v) is 12.3. The zero-order valence-electron chi connectivity index (χ0n) is 12.3. The normalized spacial score (nSPS) is 12.6. The Morgan fingerprint density at radius 2 is 1.45 bits per heavy atom. The number of rotatable bonds is 6. The van der Waals surface area contributed by atoms with Gasteiger partial charge in [-0.2, -0.15) is 0 Å². The molecule has 0 aliphatic rings. The fourth-order valence-corrected chi connectivity index (χ4v) is 2.23. The minimum absolute atomic E-state index is 0.150. The monoisotopic (exact) mass is 269 g/mol. The highest BCUT2D eigenvalue weighted by Crippen LogP contribution is 2.13. The number of benzene rings is 2. The molecule has 0 unspecified atom stereocenters. The van der Waals surface area contributed by atoms with Crippen LogP contribution in [0.5, 0.6) is 0 Å². The van der Waals surface area contributed by atoms with Gasteiger partial charge in [-0.05, 0) is 25.0 Å². The molecule has 0 saturated heterocycles. The lowest BCUT2D eigenvalue weighted by molar-refractivity contribution is 0.121. The Kier molecular flexibility index (Phi) is 5.33. The van der Waals surface area contributed by atoms with E-state index in [1.807, 2.05) is 6.07 Å². The quantitative estimate of drug-likeness (QED) is 0.869. The average Bonchev–Trinajstić information content (AvgIpc) is 2.49. The second kappa shape index (κ2) is 7.22. The first kappa shape index (κ1) is 14.8. The summed E-state index contributed by atoms with van der Waals surface area (Å²) in [6.45, 7) is 6.06. The lowest BCUT2D eigenvalue weighted by Gasteiger charge is -2.28. The first-order valence-corrected chi connectivity index (χ1v) is 7.13. The Bertz CT molecular complexity index is 507. The summed E-state index contributed by atoms with van der Waals surface area (Å²) in [7, 11) is 0. The third-order valence-corrected chi connectivity index (χ3v) is 3.62. The molecule has 1 N–H and O–H groups in total. The van der Waals surface area contributed by atoms with E-state index in [1.165, 1.54) is 16.7 Å². The zero-order chi connectivity index (χ0) is 14.4. The van der Waals surface area contributed by atoms with Crippen LogP contribution in [-0.4, -0.2) is 22.7 Å². The largest absolute Gasteiger partial charge is 0.395 e. The van der Waals surface area contributed by atoms with Crippen LogP contribution in [0.4, 0.5) is 0 Å². The van der Waals surface area contributed by atoms with Crippen molar-refractivity contribution in [2.75, 3.05) is 6.61 Å². The van der Waals surface area contributed by atoms with Gasteiger partial charge in [0.15, 0.2) is 0 Å². The number of aliphatic hydroxyl groups excluding tert-OH is 1. The number of aryl methyl sites for hydroxylation is 1. The molecule has 106 valence electrons. The fourth-order valence-electron chi connectivity index (χ4n) is 2.23. The first-order valence-electron chi connectivity index (χ1n) is 7.13. The van der Waals surface area contributed by atoms with Gasteiger partial charge in [0, 0.05) is 19.1 Å². The van der Waals surface area contributed by atoms with Gasteiger partial charge >= 0.3 is 0 Å². The van der Waals surface area contributed by atoms with Crippen molar-refractivity contribution in [2.24, 2.45) is 0 Å². The van der Waals surface area contributed by atoms with Crippen LogP contribution in [0.2, 0.25) is 0 Å². The van der Waals surface area contributed by atoms with Gasteiger partial charge in [-0.15, -0.1) is 0 Å². The van der Waals surface area contributed by atoms with E-state index in [4.69, 9.17) is 0 Å². The number of nitrogens with zero attached hydrogens (tertiary/aromatic N) is 1. The van der Waals surface area contributed by atoms with Crippen LogP contribution in [0, 0.1) is 6.92 Å². The topological polar surface area (TPSA) is 23.5 Å². The molecule has 2 heteroatoms. The van der Waals surface area contributed by atoms with Gasteiger partial charge < -0.3 is 5.11 Å². The SMILES string of the molecule is Cc1ccc(CN(Cc2ccccc2)[C@@H](C)CO)cc1. The average molecular weight is 269 g/mol. The molecule has 2 aromatic rings. The molecule has 0 saturated carbocycles. The maximum Gasteiger partial charge on any atom is 0.0584 e. The summed E-state index contributed by atoms with van der Waals surface area (Å²) in [6, 6.07) is 19.2. The minimum atomic E-state index is 0.150. The van der Waals surface area contributed by atoms with Crippen LogP contribution in [0.1, 0.15) is 23.6 Å². The first-order chi connectivity index (χ1) is 9.69. The summed E-state index contributed by atoms with van der Waals surface area (Å²) in [4.78, 5) is 2.31. The van der Waals surface area contributed by atoms with Gasteiger partial charge in [0.05, 0.1) is 6.61 Å². The van der Waals surface area contributed by atoms with Crippen molar-refractivity contribution < 1.29 is 5.11 Å². The summed E-state index contributed by atoms with van der Waals surface area (Å²) < 4.78 is 0. The molecule has 2 rings (SSSR count). The van der Waals surface area contributed by atoms with Crippen LogP contribution in [0.25, 0.3) is 0 Å². The summed E-state index contributed by atoms with van der Waals surface area (Å²) in [6.07, 6.45) is 0. The van der Waals surface area contributed by atoms with Crippen molar-refractivity contribution in [1.29, 1.82) is 0 Å². The van der Waals surface area contributed by atoms with E-state index in [9.17, 15) is 5.11 Å². The molecule has 0 bridgehead atoms.